The Kier molecular flexibility index (Phi) is 9.42. The first-order chi connectivity index (χ1) is 6.74. The van der Waals surface area contributed by atoms with Crippen molar-refractivity contribution in [3.05, 3.63) is 0 Å². The fourth-order valence-corrected chi connectivity index (χ4v) is 1.42. The fourth-order valence-electron chi connectivity index (χ4n) is 1.42. The number of likely N-dealkylation sites (N-methyl/N-ethyl adjacent to an activating group) is 1. The Bertz CT molecular complexity index is 115. The van der Waals surface area contributed by atoms with Gasteiger partial charge in [0.25, 0.3) is 0 Å². The summed E-state index contributed by atoms with van der Waals surface area (Å²) < 4.78 is 0. The van der Waals surface area contributed by atoms with E-state index in [0.29, 0.717) is 6.04 Å². The first-order valence-electron chi connectivity index (χ1n) is 6.20. The number of nitrogens with one attached hydrogen (secondary N) is 1. The quantitative estimate of drug-likeness (QED) is 0.615. The van der Waals surface area contributed by atoms with E-state index in [9.17, 15) is 0 Å². The van der Waals surface area contributed by atoms with Crippen LogP contribution in [0.1, 0.15) is 47.0 Å². The van der Waals surface area contributed by atoms with Gasteiger partial charge in [-0.1, -0.05) is 27.2 Å². The van der Waals surface area contributed by atoms with Crippen molar-refractivity contribution in [3.63, 3.8) is 0 Å². The van der Waals surface area contributed by atoms with Crippen molar-refractivity contribution in [1.82, 2.24) is 10.2 Å². The number of hydrogen-bond acceptors (Lipinski definition) is 2. The molecule has 1 unspecified atom stereocenters. The van der Waals surface area contributed by atoms with Crippen LogP contribution < -0.4 is 5.32 Å². The fraction of sp³-hybridized carbons (Fsp3) is 1.00. The lowest BCUT2D eigenvalue weighted by Crippen LogP contribution is -2.36. The number of hydrogen-bond donors (Lipinski definition) is 1. The van der Waals surface area contributed by atoms with Crippen molar-refractivity contribution < 1.29 is 0 Å². The molecule has 0 aliphatic carbocycles. The predicted molar refractivity (Wildman–Crippen MR) is 64.8 cm³/mol. The molecule has 1 atom stereocenters. The Morgan fingerprint density at radius 1 is 1.14 bits per heavy atom. The Morgan fingerprint density at radius 2 is 1.86 bits per heavy atom. The average molecular weight is 200 g/mol. The highest BCUT2D eigenvalue weighted by Crippen LogP contribution is 1.94. The Morgan fingerprint density at radius 3 is 2.36 bits per heavy atom. The molecule has 0 radical (unpaired) electrons. The maximum absolute atomic E-state index is 3.53. The topological polar surface area (TPSA) is 15.3 Å². The SMILES string of the molecule is CCCCN(CC)CCNC(C)CC. The van der Waals surface area contributed by atoms with Crippen LogP contribution in [0.4, 0.5) is 0 Å². The molecule has 14 heavy (non-hydrogen) atoms. The summed E-state index contributed by atoms with van der Waals surface area (Å²) in [5.41, 5.74) is 0. The number of unbranched alkanes of at least 4 members (excludes halogenated alkanes) is 1. The molecule has 86 valence electrons. The second-order valence-corrected chi connectivity index (χ2v) is 4.05. The van der Waals surface area contributed by atoms with Gasteiger partial charge >= 0.3 is 0 Å². The van der Waals surface area contributed by atoms with E-state index in [1.165, 1.54) is 38.9 Å². The van der Waals surface area contributed by atoms with E-state index < -0.39 is 0 Å². The molecule has 0 aromatic carbocycles. The van der Waals surface area contributed by atoms with Crippen LogP contribution in [0, 0.1) is 0 Å². The highest BCUT2D eigenvalue weighted by atomic mass is 15.1. The second kappa shape index (κ2) is 9.47. The minimum absolute atomic E-state index is 0.667. The summed E-state index contributed by atoms with van der Waals surface area (Å²) in [6.07, 6.45) is 3.85. The van der Waals surface area contributed by atoms with Gasteiger partial charge in [-0.15, -0.1) is 0 Å². The lowest BCUT2D eigenvalue weighted by atomic mass is 10.2. The highest BCUT2D eigenvalue weighted by Gasteiger charge is 2.02. The maximum atomic E-state index is 3.53. The van der Waals surface area contributed by atoms with Gasteiger partial charge in [-0.05, 0) is 32.9 Å². The largest absolute Gasteiger partial charge is 0.313 e. The van der Waals surface area contributed by atoms with Crippen LogP contribution >= 0.6 is 0 Å². The highest BCUT2D eigenvalue weighted by molar-refractivity contribution is 4.61. The second-order valence-electron chi connectivity index (χ2n) is 4.05. The van der Waals surface area contributed by atoms with Crippen molar-refractivity contribution in [2.45, 2.75) is 53.0 Å². The van der Waals surface area contributed by atoms with Crippen LogP contribution in [0.25, 0.3) is 0 Å². The standard InChI is InChI=1S/C12H28N2/c1-5-8-10-14(7-3)11-9-13-12(4)6-2/h12-13H,5-11H2,1-4H3. The molecule has 0 heterocycles. The van der Waals surface area contributed by atoms with Crippen molar-refractivity contribution in [1.29, 1.82) is 0 Å². The molecule has 0 bridgehead atoms. The van der Waals surface area contributed by atoms with Crippen molar-refractivity contribution in [3.8, 4) is 0 Å². The van der Waals surface area contributed by atoms with Crippen LogP contribution in [0.15, 0.2) is 0 Å². The van der Waals surface area contributed by atoms with Gasteiger partial charge in [0, 0.05) is 19.1 Å². The zero-order valence-corrected chi connectivity index (χ0v) is 10.5. The molecule has 0 fully saturated rings. The predicted octanol–water partition coefficient (Wildman–Crippen LogP) is 2.50. The third-order valence-corrected chi connectivity index (χ3v) is 2.81. The lowest BCUT2D eigenvalue weighted by molar-refractivity contribution is 0.278. The van der Waals surface area contributed by atoms with Crippen molar-refractivity contribution in [2.24, 2.45) is 0 Å². The molecule has 2 nitrogen and oxygen atoms in total. The summed E-state index contributed by atoms with van der Waals surface area (Å²) in [6.45, 7) is 13.8. The van der Waals surface area contributed by atoms with Crippen molar-refractivity contribution in [2.75, 3.05) is 26.2 Å². The Balaban J connectivity index is 3.42. The van der Waals surface area contributed by atoms with Gasteiger partial charge in [0.15, 0.2) is 0 Å². The minimum atomic E-state index is 0.667. The summed E-state index contributed by atoms with van der Waals surface area (Å²) >= 11 is 0. The average Bonchev–Trinajstić information content (AvgIpc) is 2.22. The first-order valence-corrected chi connectivity index (χ1v) is 6.20. The van der Waals surface area contributed by atoms with E-state index in [2.05, 4.69) is 37.9 Å². The molecule has 0 amide bonds. The van der Waals surface area contributed by atoms with Crippen LogP contribution in [0.2, 0.25) is 0 Å². The first kappa shape index (κ1) is 13.9. The zero-order valence-electron chi connectivity index (χ0n) is 10.5. The van der Waals surface area contributed by atoms with Crippen LogP contribution in [-0.2, 0) is 0 Å². The Labute approximate surface area is 90.1 Å². The van der Waals surface area contributed by atoms with Gasteiger partial charge in [-0.2, -0.15) is 0 Å². The summed E-state index contributed by atoms with van der Waals surface area (Å²) in [5.74, 6) is 0. The van der Waals surface area contributed by atoms with Gasteiger partial charge in [-0.3, -0.25) is 0 Å². The molecule has 0 spiro atoms. The van der Waals surface area contributed by atoms with E-state index in [0.717, 1.165) is 6.54 Å². The molecule has 0 aromatic rings. The van der Waals surface area contributed by atoms with Crippen molar-refractivity contribution >= 4 is 0 Å². The van der Waals surface area contributed by atoms with Gasteiger partial charge < -0.3 is 10.2 Å². The molecule has 0 saturated carbocycles. The molecule has 0 aliphatic rings. The van der Waals surface area contributed by atoms with E-state index in [1.54, 1.807) is 0 Å². The summed E-state index contributed by atoms with van der Waals surface area (Å²) in [5, 5.41) is 3.53. The molecule has 0 aliphatic heterocycles. The summed E-state index contributed by atoms with van der Waals surface area (Å²) in [7, 11) is 0. The minimum Gasteiger partial charge on any atom is -0.313 e. The number of nitrogens with zero attached hydrogens (tertiary/aromatic N) is 1. The normalized spacial score (nSPS) is 13.5. The molecule has 2 heteroatoms. The number of rotatable bonds is 9. The smallest absolute Gasteiger partial charge is 0.0107 e. The van der Waals surface area contributed by atoms with Gasteiger partial charge in [-0.25, -0.2) is 0 Å². The van der Waals surface area contributed by atoms with Gasteiger partial charge in [0.2, 0.25) is 0 Å². The lowest BCUT2D eigenvalue weighted by Gasteiger charge is -2.21. The third-order valence-electron chi connectivity index (χ3n) is 2.81. The molecular weight excluding hydrogens is 172 g/mol. The van der Waals surface area contributed by atoms with E-state index in [4.69, 9.17) is 0 Å². The van der Waals surface area contributed by atoms with Gasteiger partial charge in [0.1, 0.15) is 0 Å². The molecule has 0 saturated heterocycles. The molecular formula is C12H28N2. The summed E-state index contributed by atoms with van der Waals surface area (Å²) in [4.78, 5) is 2.53. The van der Waals surface area contributed by atoms with Crippen LogP contribution in [0.5, 0.6) is 0 Å². The van der Waals surface area contributed by atoms with Gasteiger partial charge in [0.05, 0.1) is 0 Å². The van der Waals surface area contributed by atoms with Crippen LogP contribution in [0.3, 0.4) is 0 Å². The van der Waals surface area contributed by atoms with Crippen LogP contribution in [-0.4, -0.2) is 37.1 Å². The third kappa shape index (κ3) is 7.34. The molecule has 0 rings (SSSR count). The van der Waals surface area contributed by atoms with E-state index in [1.807, 2.05) is 0 Å². The van der Waals surface area contributed by atoms with E-state index >= 15 is 0 Å². The Hall–Kier alpha value is -0.0800. The summed E-state index contributed by atoms with van der Waals surface area (Å²) in [6, 6.07) is 0.667. The van der Waals surface area contributed by atoms with E-state index in [-0.39, 0.29) is 0 Å². The zero-order chi connectivity index (χ0) is 10.8. The monoisotopic (exact) mass is 200 g/mol. The maximum Gasteiger partial charge on any atom is 0.0107 e. The molecule has 1 N–H and O–H groups in total. The molecule has 0 aromatic heterocycles.